The van der Waals surface area contributed by atoms with E-state index in [1.54, 1.807) is 24.3 Å². The van der Waals surface area contributed by atoms with Crippen LogP contribution in [0.3, 0.4) is 0 Å². The lowest BCUT2D eigenvalue weighted by atomic mass is 10.0. The van der Waals surface area contributed by atoms with Crippen LogP contribution in [0.1, 0.15) is 30.5 Å². The zero-order chi connectivity index (χ0) is 22.4. The second-order valence-corrected chi connectivity index (χ2v) is 9.10. The van der Waals surface area contributed by atoms with E-state index in [1.807, 2.05) is 44.2 Å². The van der Waals surface area contributed by atoms with E-state index in [9.17, 15) is 17.6 Å². The van der Waals surface area contributed by atoms with E-state index in [-0.39, 0.29) is 10.9 Å². The first-order valence-corrected chi connectivity index (χ1v) is 11.4. The van der Waals surface area contributed by atoms with Crippen molar-refractivity contribution in [2.24, 2.45) is 0 Å². The Hall–Kier alpha value is -3.19. The summed E-state index contributed by atoms with van der Waals surface area (Å²) in [5.41, 5.74) is 2.27. The molecule has 0 radical (unpaired) electrons. The van der Waals surface area contributed by atoms with Gasteiger partial charge in [-0.25, -0.2) is 12.8 Å². The van der Waals surface area contributed by atoms with Crippen LogP contribution in [0.15, 0.2) is 83.8 Å². The Balaban J connectivity index is 1.90. The molecule has 1 N–H and O–H groups in total. The van der Waals surface area contributed by atoms with Crippen molar-refractivity contribution >= 4 is 21.6 Å². The second-order valence-electron chi connectivity index (χ2n) is 7.24. The summed E-state index contributed by atoms with van der Waals surface area (Å²) in [6.45, 7) is 3.44. The molecular formula is C24H25FN2O3S. The molecule has 0 bridgehead atoms. The van der Waals surface area contributed by atoms with Crippen molar-refractivity contribution in [2.75, 3.05) is 10.8 Å². The fourth-order valence-corrected chi connectivity index (χ4v) is 4.66. The number of nitrogens with one attached hydrogen (secondary N) is 1. The Kier molecular flexibility index (Phi) is 7.07. The van der Waals surface area contributed by atoms with Gasteiger partial charge in [-0.1, -0.05) is 55.0 Å². The van der Waals surface area contributed by atoms with E-state index in [0.717, 1.165) is 27.6 Å². The number of aryl methyl sites for hydroxylation is 1. The molecule has 0 saturated carbocycles. The van der Waals surface area contributed by atoms with Crippen LogP contribution in [0, 0.1) is 12.7 Å². The van der Waals surface area contributed by atoms with Crippen LogP contribution in [-0.4, -0.2) is 20.9 Å². The first kappa shape index (κ1) is 22.5. The summed E-state index contributed by atoms with van der Waals surface area (Å²) >= 11 is 0. The van der Waals surface area contributed by atoms with Crippen LogP contribution < -0.4 is 9.62 Å². The van der Waals surface area contributed by atoms with E-state index in [2.05, 4.69) is 5.32 Å². The third-order valence-electron chi connectivity index (χ3n) is 4.96. The minimum absolute atomic E-state index is 0.0858. The number of amides is 1. The summed E-state index contributed by atoms with van der Waals surface area (Å²) in [4.78, 5) is 12.8. The van der Waals surface area contributed by atoms with Crippen LogP contribution in [0.5, 0.6) is 0 Å². The molecule has 0 aliphatic carbocycles. The summed E-state index contributed by atoms with van der Waals surface area (Å²) in [6.07, 6.45) is 0.658. The largest absolute Gasteiger partial charge is 0.348 e. The van der Waals surface area contributed by atoms with Crippen molar-refractivity contribution in [3.63, 3.8) is 0 Å². The summed E-state index contributed by atoms with van der Waals surface area (Å²) in [7, 11) is -4.08. The summed E-state index contributed by atoms with van der Waals surface area (Å²) < 4.78 is 41.0. The van der Waals surface area contributed by atoms with Crippen LogP contribution in [-0.2, 0) is 14.8 Å². The monoisotopic (exact) mass is 440 g/mol. The van der Waals surface area contributed by atoms with Crippen molar-refractivity contribution in [2.45, 2.75) is 31.2 Å². The molecule has 31 heavy (non-hydrogen) atoms. The Bertz CT molecular complexity index is 1120. The Morgan fingerprint density at radius 2 is 1.58 bits per heavy atom. The number of carbonyl (C=O) groups is 1. The molecule has 3 rings (SSSR count). The average molecular weight is 441 g/mol. The molecule has 0 saturated heterocycles. The number of anilines is 1. The molecule has 0 spiro atoms. The van der Waals surface area contributed by atoms with E-state index < -0.39 is 28.3 Å². The molecule has 162 valence electrons. The van der Waals surface area contributed by atoms with Gasteiger partial charge in [-0.15, -0.1) is 0 Å². The maximum absolute atomic E-state index is 13.3. The molecule has 0 aliphatic heterocycles. The van der Waals surface area contributed by atoms with Crippen LogP contribution in [0.25, 0.3) is 0 Å². The van der Waals surface area contributed by atoms with Gasteiger partial charge in [0.1, 0.15) is 12.4 Å². The summed E-state index contributed by atoms with van der Waals surface area (Å²) in [6, 6.07) is 20.7. The molecule has 3 aromatic carbocycles. The highest BCUT2D eigenvalue weighted by Crippen LogP contribution is 2.25. The molecule has 0 fully saturated rings. The predicted octanol–water partition coefficient (Wildman–Crippen LogP) is 4.60. The minimum Gasteiger partial charge on any atom is -0.348 e. The second kappa shape index (κ2) is 9.75. The molecule has 1 atom stereocenters. The van der Waals surface area contributed by atoms with Gasteiger partial charge < -0.3 is 5.32 Å². The topological polar surface area (TPSA) is 66.5 Å². The highest BCUT2D eigenvalue weighted by molar-refractivity contribution is 7.92. The van der Waals surface area contributed by atoms with Crippen molar-refractivity contribution in [3.05, 3.63) is 95.8 Å². The van der Waals surface area contributed by atoms with Gasteiger partial charge >= 0.3 is 0 Å². The fourth-order valence-electron chi connectivity index (χ4n) is 3.24. The minimum atomic E-state index is -4.08. The predicted molar refractivity (Wildman–Crippen MR) is 120 cm³/mol. The zero-order valence-electron chi connectivity index (χ0n) is 17.5. The highest BCUT2D eigenvalue weighted by Gasteiger charge is 2.28. The molecular weight excluding hydrogens is 415 g/mol. The van der Waals surface area contributed by atoms with Crippen molar-refractivity contribution in [3.8, 4) is 0 Å². The molecule has 0 aliphatic rings. The molecule has 0 heterocycles. The number of halogens is 1. The van der Waals surface area contributed by atoms with E-state index in [1.165, 1.54) is 12.1 Å². The number of benzene rings is 3. The van der Waals surface area contributed by atoms with Gasteiger partial charge in [0.05, 0.1) is 16.6 Å². The molecule has 1 amide bonds. The quantitative estimate of drug-likeness (QED) is 0.557. The maximum Gasteiger partial charge on any atom is 0.264 e. The third kappa shape index (κ3) is 5.49. The third-order valence-corrected chi connectivity index (χ3v) is 6.74. The standard InChI is InChI=1S/C24H25FN2O3S/c1-3-23(19-7-5-4-6-8-19)26-24(28)17-27(21-13-9-18(2)10-14-21)31(29,30)22-15-11-20(25)12-16-22/h4-16,23H,3,17H2,1-2H3,(H,26,28)/t23-/m0/s1. The van der Waals surface area contributed by atoms with E-state index in [4.69, 9.17) is 0 Å². The number of nitrogens with zero attached hydrogens (tertiary/aromatic N) is 1. The maximum atomic E-state index is 13.3. The van der Waals surface area contributed by atoms with E-state index in [0.29, 0.717) is 12.1 Å². The van der Waals surface area contributed by atoms with Gasteiger partial charge in [0.25, 0.3) is 10.0 Å². The Morgan fingerprint density at radius 3 is 2.16 bits per heavy atom. The average Bonchev–Trinajstić information content (AvgIpc) is 2.77. The van der Waals surface area contributed by atoms with Gasteiger partial charge in [-0.2, -0.15) is 0 Å². The van der Waals surface area contributed by atoms with Crippen molar-refractivity contribution in [1.82, 2.24) is 5.32 Å². The molecule has 5 nitrogen and oxygen atoms in total. The first-order valence-electron chi connectivity index (χ1n) is 10.0. The van der Waals surface area contributed by atoms with Gasteiger partial charge in [0.15, 0.2) is 0 Å². The molecule has 0 aromatic heterocycles. The lowest BCUT2D eigenvalue weighted by molar-refractivity contribution is -0.120. The first-order chi connectivity index (χ1) is 14.8. The van der Waals surface area contributed by atoms with E-state index >= 15 is 0 Å². The van der Waals surface area contributed by atoms with Gasteiger partial charge in [0.2, 0.25) is 5.91 Å². The Morgan fingerprint density at radius 1 is 0.968 bits per heavy atom. The smallest absolute Gasteiger partial charge is 0.264 e. The van der Waals surface area contributed by atoms with Crippen LogP contribution >= 0.6 is 0 Å². The lowest BCUT2D eigenvalue weighted by Crippen LogP contribution is -2.42. The number of rotatable bonds is 8. The van der Waals surface area contributed by atoms with Crippen LogP contribution in [0.2, 0.25) is 0 Å². The number of hydrogen-bond acceptors (Lipinski definition) is 3. The lowest BCUT2D eigenvalue weighted by Gasteiger charge is -2.26. The zero-order valence-corrected chi connectivity index (χ0v) is 18.3. The number of sulfonamides is 1. The molecule has 0 unspecified atom stereocenters. The molecule has 7 heteroatoms. The highest BCUT2D eigenvalue weighted by atomic mass is 32.2. The van der Waals surface area contributed by atoms with Gasteiger partial charge in [0, 0.05) is 0 Å². The summed E-state index contributed by atoms with van der Waals surface area (Å²) in [5.74, 6) is -0.964. The SMILES string of the molecule is CC[C@H](NC(=O)CN(c1ccc(C)cc1)S(=O)(=O)c1ccc(F)cc1)c1ccccc1. The van der Waals surface area contributed by atoms with Gasteiger partial charge in [-0.05, 0) is 55.3 Å². The molecule has 3 aromatic rings. The van der Waals surface area contributed by atoms with Crippen LogP contribution in [0.4, 0.5) is 10.1 Å². The number of hydrogen-bond donors (Lipinski definition) is 1. The Labute approximate surface area is 182 Å². The summed E-state index contributed by atoms with van der Waals surface area (Å²) in [5, 5.41) is 2.92. The van der Waals surface area contributed by atoms with Gasteiger partial charge in [-0.3, -0.25) is 9.10 Å². The normalized spacial score (nSPS) is 12.2. The fraction of sp³-hybridized carbons (Fsp3) is 0.208. The van der Waals surface area contributed by atoms with Crippen molar-refractivity contribution in [1.29, 1.82) is 0 Å². The van der Waals surface area contributed by atoms with Crippen molar-refractivity contribution < 1.29 is 17.6 Å². The number of carbonyl (C=O) groups excluding carboxylic acids is 1.